The molecule has 0 aliphatic rings. The summed E-state index contributed by atoms with van der Waals surface area (Å²) in [7, 11) is -2.31. The van der Waals surface area contributed by atoms with E-state index in [-0.39, 0.29) is 27.8 Å². The van der Waals surface area contributed by atoms with Crippen LogP contribution in [-0.4, -0.2) is 8.32 Å². The van der Waals surface area contributed by atoms with Crippen molar-refractivity contribution in [3.63, 3.8) is 0 Å². The smallest absolute Gasteiger partial charge is 0.332 e. The van der Waals surface area contributed by atoms with Crippen LogP contribution in [0.25, 0.3) is 11.1 Å². The second-order valence-electron chi connectivity index (χ2n) is 8.37. The Hall–Kier alpha value is -1.41. The van der Waals surface area contributed by atoms with Gasteiger partial charge >= 0.3 is 4.83 Å². The van der Waals surface area contributed by atoms with E-state index in [1.807, 2.05) is 15.9 Å². The molecule has 0 atom stereocenters. The number of hydrogen-bond acceptors (Lipinski definition) is 1. The van der Waals surface area contributed by atoms with E-state index < -0.39 is 36.2 Å². The lowest BCUT2D eigenvalue weighted by Gasteiger charge is -2.42. The van der Waals surface area contributed by atoms with Gasteiger partial charge in [0, 0.05) is 11.6 Å². The van der Waals surface area contributed by atoms with Crippen molar-refractivity contribution < 1.29 is 26.4 Å². The first kappa shape index (κ1) is 24.9. The van der Waals surface area contributed by atoms with Gasteiger partial charge in [-0.3, -0.25) is 0 Å². The molecule has 0 aliphatic carbocycles. The van der Waals surface area contributed by atoms with Gasteiger partial charge in [-0.15, -0.1) is 0 Å². The number of benzene rings is 2. The van der Waals surface area contributed by atoms with Crippen molar-refractivity contribution in [3.8, 4) is 16.9 Å². The van der Waals surface area contributed by atoms with E-state index in [2.05, 4.69) is 41.5 Å². The molecule has 0 aliphatic heterocycles. The first-order chi connectivity index (χ1) is 13.7. The summed E-state index contributed by atoms with van der Waals surface area (Å²) in [5, 5.41) is 0. The number of alkyl halides is 3. The second kappa shape index (κ2) is 8.98. The molecule has 0 aromatic heterocycles. The summed E-state index contributed by atoms with van der Waals surface area (Å²) in [6.07, 6.45) is 0. The molecule has 0 heterocycles. The highest BCUT2D eigenvalue weighted by Crippen LogP contribution is 2.44. The predicted octanol–water partition coefficient (Wildman–Crippen LogP) is 8.77. The standard InChI is InChI=1S/C22H26BrF5OSi/c1-12(2)30(13(3)4,14(5)6)29-16-7-8-17(18(24)11-16)15-9-19(25)21(20(26)10-15)22(23,27)28/h7-14H,1-6H3. The lowest BCUT2D eigenvalue weighted by molar-refractivity contribution is 0.105. The molecule has 0 bridgehead atoms. The number of rotatable bonds is 7. The van der Waals surface area contributed by atoms with E-state index in [9.17, 15) is 22.0 Å². The van der Waals surface area contributed by atoms with Crippen LogP contribution in [0.15, 0.2) is 30.3 Å². The summed E-state index contributed by atoms with van der Waals surface area (Å²) in [5.41, 5.74) is -0.844. The van der Waals surface area contributed by atoms with Gasteiger partial charge in [0.2, 0.25) is 0 Å². The van der Waals surface area contributed by atoms with Gasteiger partial charge < -0.3 is 4.43 Å². The predicted molar refractivity (Wildman–Crippen MR) is 116 cm³/mol. The van der Waals surface area contributed by atoms with Crippen LogP contribution >= 0.6 is 15.9 Å². The van der Waals surface area contributed by atoms with E-state index in [1.54, 1.807) is 6.07 Å². The van der Waals surface area contributed by atoms with Gasteiger partial charge in [0.15, 0.2) is 0 Å². The average Bonchev–Trinajstić information content (AvgIpc) is 2.56. The normalized spacial score (nSPS) is 12.9. The Morgan fingerprint density at radius 2 is 1.27 bits per heavy atom. The first-order valence-corrected chi connectivity index (χ1v) is 12.7. The largest absolute Gasteiger partial charge is 0.543 e. The second-order valence-corrected chi connectivity index (χ2v) is 14.7. The molecule has 0 saturated carbocycles. The summed E-state index contributed by atoms with van der Waals surface area (Å²) in [6.45, 7) is 12.6. The minimum absolute atomic E-state index is 0.101. The topological polar surface area (TPSA) is 9.23 Å². The Morgan fingerprint density at radius 3 is 1.63 bits per heavy atom. The average molecular weight is 509 g/mol. The van der Waals surface area contributed by atoms with E-state index in [0.717, 1.165) is 0 Å². The third-order valence-electron chi connectivity index (χ3n) is 5.58. The monoisotopic (exact) mass is 508 g/mol. The summed E-state index contributed by atoms with van der Waals surface area (Å²) in [6, 6.07) is 5.48. The van der Waals surface area contributed by atoms with Crippen LogP contribution < -0.4 is 4.43 Å². The van der Waals surface area contributed by atoms with Gasteiger partial charge in [0.1, 0.15) is 28.8 Å². The third-order valence-corrected chi connectivity index (χ3v) is 12.0. The van der Waals surface area contributed by atoms with Crippen LogP contribution in [0.1, 0.15) is 47.1 Å². The van der Waals surface area contributed by atoms with Crippen LogP contribution in [0.3, 0.4) is 0 Å². The highest BCUT2D eigenvalue weighted by molar-refractivity contribution is 9.09. The summed E-state index contributed by atoms with van der Waals surface area (Å²) in [4.78, 5) is -3.87. The van der Waals surface area contributed by atoms with Crippen molar-refractivity contribution in [2.75, 3.05) is 0 Å². The van der Waals surface area contributed by atoms with Gasteiger partial charge in [-0.1, -0.05) is 41.5 Å². The van der Waals surface area contributed by atoms with Crippen molar-refractivity contribution in [1.82, 2.24) is 0 Å². The SMILES string of the molecule is CC(C)[Si](Oc1ccc(-c2cc(F)c(C(F)(F)Br)c(F)c2)c(F)c1)(C(C)C)C(C)C. The summed E-state index contributed by atoms with van der Waals surface area (Å²) in [5.74, 6) is -3.32. The number of halogens is 6. The zero-order valence-electron chi connectivity index (χ0n) is 17.8. The fraction of sp³-hybridized carbons (Fsp3) is 0.455. The zero-order chi connectivity index (χ0) is 23.0. The van der Waals surface area contributed by atoms with Crippen molar-refractivity contribution in [1.29, 1.82) is 0 Å². The van der Waals surface area contributed by atoms with E-state index >= 15 is 0 Å². The lowest BCUT2D eigenvalue weighted by atomic mass is 10.0. The van der Waals surface area contributed by atoms with Crippen LogP contribution in [0.5, 0.6) is 5.75 Å². The lowest BCUT2D eigenvalue weighted by Crippen LogP contribution is -2.50. The fourth-order valence-electron chi connectivity index (χ4n) is 4.35. The first-order valence-electron chi connectivity index (χ1n) is 9.77. The minimum atomic E-state index is -3.87. The molecule has 8 heteroatoms. The molecule has 0 radical (unpaired) electrons. The van der Waals surface area contributed by atoms with Crippen molar-refractivity contribution >= 4 is 24.2 Å². The molecule has 30 heavy (non-hydrogen) atoms. The van der Waals surface area contributed by atoms with Crippen molar-refractivity contribution in [2.24, 2.45) is 0 Å². The fourth-order valence-corrected chi connectivity index (χ4v) is 9.97. The zero-order valence-corrected chi connectivity index (χ0v) is 20.4. The molecule has 0 N–H and O–H groups in total. The molecule has 2 aromatic carbocycles. The van der Waals surface area contributed by atoms with E-state index in [4.69, 9.17) is 4.43 Å². The highest BCUT2D eigenvalue weighted by atomic mass is 79.9. The molecule has 0 spiro atoms. The molecule has 0 fully saturated rings. The van der Waals surface area contributed by atoms with E-state index in [1.165, 1.54) is 12.1 Å². The molecular formula is C22H26BrF5OSi. The van der Waals surface area contributed by atoms with Gasteiger partial charge in [-0.2, -0.15) is 8.78 Å². The molecular weight excluding hydrogens is 483 g/mol. The highest BCUT2D eigenvalue weighted by Gasteiger charge is 2.47. The maximum absolute atomic E-state index is 14.8. The molecule has 0 amide bonds. The molecule has 2 aromatic rings. The molecule has 0 unspecified atom stereocenters. The van der Waals surface area contributed by atoms with Crippen LogP contribution in [0, 0.1) is 17.5 Å². The maximum atomic E-state index is 14.8. The molecule has 1 nitrogen and oxygen atoms in total. The van der Waals surface area contributed by atoms with Gasteiger partial charge in [0.05, 0.1) is 0 Å². The molecule has 2 rings (SSSR count). The Morgan fingerprint density at radius 1 is 0.800 bits per heavy atom. The molecule has 166 valence electrons. The van der Waals surface area contributed by atoms with Gasteiger partial charge in [-0.25, -0.2) is 13.2 Å². The van der Waals surface area contributed by atoms with Crippen LogP contribution in [0.2, 0.25) is 16.6 Å². The Balaban J connectivity index is 2.48. The molecule has 0 saturated heterocycles. The van der Waals surface area contributed by atoms with Crippen LogP contribution in [0.4, 0.5) is 22.0 Å². The van der Waals surface area contributed by atoms with Crippen molar-refractivity contribution in [3.05, 3.63) is 53.3 Å². The Kier molecular flexibility index (Phi) is 7.44. The van der Waals surface area contributed by atoms with Crippen molar-refractivity contribution in [2.45, 2.75) is 63.0 Å². The van der Waals surface area contributed by atoms with Gasteiger partial charge in [-0.05, 0) is 62.4 Å². The third kappa shape index (κ3) is 4.74. The minimum Gasteiger partial charge on any atom is -0.543 e. The number of hydrogen-bond donors (Lipinski definition) is 0. The Labute approximate surface area is 183 Å². The summed E-state index contributed by atoms with van der Waals surface area (Å²) < 4.78 is 76.2. The van der Waals surface area contributed by atoms with E-state index in [0.29, 0.717) is 17.9 Å². The Bertz CT molecular complexity index is 864. The summed E-state index contributed by atoms with van der Waals surface area (Å²) >= 11 is 1.96. The maximum Gasteiger partial charge on any atom is 0.332 e. The quantitative estimate of drug-likeness (QED) is 0.206. The van der Waals surface area contributed by atoms with Crippen LogP contribution in [-0.2, 0) is 4.83 Å². The van der Waals surface area contributed by atoms with Gasteiger partial charge in [0.25, 0.3) is 8.32 Å².